The number of halogens is 1. The van der Waals surface area contributed by atoms with Crippen molar-refractivity contribution in [1.29, 1.82) is 0 Å². The fraction of sp³-hybridized carbons (Fsp3) is 0.580. The molecule has 1 amide bonds. The van der Waals surface area contributed by atoms with Crippen LogP contribution in [-0.2, 0) is 34.5 Å². The zero-order valence-electron chi connectivity index (χ0n) is 40.1. The van der Waals surface area contributed by atoms with E-state index in [-0.39, 0.29) is 41.0 Å². The number of rotatable bonds is 25. The van der Waals surface area contributed by atoms with Crippen LogP contribution in [0.2, 0.25) is 23.2 Å². The lowest BCUT2D eigenvalue weighted by molar-refractivity contribution is -0.135. The minimum absolute atomic E-state index is 0.0273. The number of carbonyl (C=O) groups is 1. The third-order valence-corrected chi connectivity index (χ3v) is 23.0. The molecule has 0 unspecified atom stereocenters. The van der Waals surface area contributed by atoms with Gasteiger partial charge in [0, 0.05) is 38.6 Å². The number of benzene rings is 3. The van der Waals surface area contributed by atoms with E-state index in [9.17, 15) is 9.90 Å². The molecule has 0 aromatic heterocycles. The van der Waals surface area contributed by atoms with E-state index in [0.29, 0.717) is 26.1 Å². The molecule has 0 aliphatic rings. The van der Waals surface area contributed by atoms with Crippen LogP contribution in [0.3, 0.4) is 0 Å². The van der Waals surface area contributed by atoms with Crippen LogP contribution in [0, 0.1) is 11.3 Å². The summed E-state index contributed by atoms with van der Waals surface area (Å²) in [7, 11) is -0.240. The molecule has 6 atom stereocenters. The van der Waals surface area contributed by atoms with Gasteiger partial charge in [-0.1, -0.05) is 164 Å². The van der Waals surface area contributed by atoms with Crippen molar-refractivity contribution in [1.82, 2.24) is 5.32 Å². The van der Waals surface area contributed by atoms with Crippen molar-refractivity contribution in [3.8, 4) is 5.75 Å². The summed E-state index contributed by atoms with van der Waals surface area (Å²) in [6, 6.07) is 28.7. The predicted molar refractivity (Wildman–Crippen MR) is 268 cm³/mol. The molecule has 346 valence electrons. The first-order valence-corrected chi connectivity index (χ1v) is 28.1. The van der Waals surface area contributed by atoms with Crippen LogP contribution >= 0.6 is 22.6 Å². The molecule has 0 aliphatic carbocycles. The lowest BCUT2D eigenvalue weighted by atomic mass is 9.76. The number of nitrogens with one attached hydrogen (secondary N) is 1. The number of ether oxygens (including phenoxy) is 4. The lowest BCUT2D eigenvalue weighted by Gasteiger charge is -2.48. The first kappa shape index (κ1) is 53.9. The largest absolute Gasteiger partial charge is 0.497 e. The first-order chi connectivity index (χ1) is 29.1. The Bertz CT molecular complexity index is 1740. The fourth-order valence-corrected chi connectivity index (χ4v) is 14.3. The summed E-state index contributed by atoms with van der Waals surface area (Å²) in [5.74, 6) is 0.530. The maximum Gasteiger partial charge on any atom is 0.261 e. The van der Waals surface area contributed by atoms with Crippen LogP contribution in [0.25, 0.3) is 0 Å². The number of aliphatic hydroxyl groups excluding tert-OH is 1. The van der Waals surface area contributed by atoms with E-state index in [1.54, 1.807) is 21.3 Å². The maximum absolute atomic E-state index is 14.2. The third-order valence-electron chi connectivity index (χ3n) is 13.0. The van der Waals surface area contributed by atoms with Gasteiger partial charge in [0.05, 0.1) is 57.2 Å². The normalized spacial score (nSPS) is 16.1. The number of hydrogen-bond acceptors (Lipinski definition) is 8. The number of methoxy groups -OCH3 is 3. The van der Waals surface area contributed by atoms with E-state index in [4.69, 9.17) is 27.8 Å². The van der Waals surface area contributed by atoms with Gasteiger partial charge >= 0.3 is 0 Å². The summed E-state index contributed by atoms with van der Waals surface area (Å²) in [4.78, 5) is 14.2. The SMILES string of the molecule is COc1ccc(CO[C@@H](C[C@H](OC)[C@@H](C)CO[Si](c2ccccc2)(c2ccccc2)C(C)(C)C)C(C)(C)[C@H](CC(=O)N[C@H](CO)[C@H](C/C=C/I)OC)O[Si](C)(C)C(C)(C)C)cc1. The fourth-order valence-electron chi connectivity index (χ4n) is 7.90. The van der Waals surface area contributed by atoms with Crippen molar-refractivity contribution >= 4 is 55.5 Å². The summed E-state index contributed by atoms with van der Waals surface area (Å²) in [5, 5.41) is 15.7. The van der Waals surface area contributed by atoms with Crippen molar-refractivity contribution in [2.24, 2.45) is 11.3 Å². The van der Waals surface area contributed by atoms with Crippen molar-refractivity contribution in [3.63, 3.8) is 0 Å². The summed E-state index contributed by atoms with van der Waals surface area (Å²) in [6.45, 7) is 25.0. The smallest absolute Gasteiger partial charge is 0.261 e. The zero-order chi connectivity index (χ0) is 46.4. The molecule has 0 saturated carbocycles. The second-order valence-electron chi connectivity index (χ2n) is 19.7. The van der Waals surface area contributed by atoms with Crippen molar-refractivity contribution in [2.45, 2.75) is 142 Å². The van der Waals surface area contributed by atoms with E-state index >= 15 is 0 Å². The molecule has 0 bridgehead atoms. The average Bonchev–Trinajstić information content (AvgIpc) is 3.23. The molecule has 0 radical (unpaired) electrons. The Morgan fingerprint density at radius 2 is 1.34 bits per heavy atom. The highest BCUT2D eigenvalue weighted by Crippen LogP contribution is 2.44. The van der Waals surface area contributed by atoms with Gasteiger partial charge in [-0.3, -0.25) is 4.79 Å². The van der Waals surface area contributed by atoms with Gasteiger partial charge in [-0.05, 0) is 61.7 Å². The molecule has 62 heavy (non-hydrogen) atoms. The zero-order valence-corrected chi connectivity index (χ0v) is 44.3. The topological polar surface area (TPSA) is 105 Å². The van der Waals surface area contributed by atoms with E-state index < -0.39 is 46.4 Å². The van der Waals surface area contributed by atoms with Crippen molar-refractivity contribution in [2.75, 3.05) is 34.5 Å². The standard InChI is InChI=1S/C50H78INO8Si2/c1-37(35-59-62(49(5,6)7,40-22-17-15-18-23-40)41-24-19-16-20-25-41)44(57-12)32-45(58-36-38-27-29-39(55-10)30-28-38)50(8,9)46(60-61(13,14)48(2,3)4)33-47(54)52-42(34-53)43(56-11)26-21-31-51/h15-25,27-31,37,42-46,53H,26,32-36H2,1-14H3,(H,52,54)/b31-21+/t37-,42+,43-,44-,45-,46-/m0/s1. The third kappa shape index (κ3) is 14.3. The number of hydrogen-bond donors (Lipinski definition) is 2. The molecule has 2 N–H and O–H groups in total. The van der Waals surface area contributed by atoms with Gasteiger partial charge < -0.3 is 38.2 Å². The number of amides is 1. The van der Waals surface area contributed by atoms with Crippen LogP contribution in [0.4, 0.5) is 0 Å². The Morgan fingerprint density at radius 1 is 0.790 bits per heavy atom. The summed E-state index contributed by atoms with van der Waals surface area (Å²) in [5.41, 5.74) is 0.300. The first-order valence-electron chi connectivity index (χ1n) is 22.0. The van der Waals surface area contributed by atoms with E-state index in [2.05, 4.69) is 164 Å². The molecule has 3 rings (SSSR count). The van der Waals surface area contributed by atoms with Crippen molar-refractivity contribution < 1.29 is 37.7 Å². The maximum atomic E-state index is 14.2. The molecule has 0 heterocycles. The summed E-state index contributed by atoms with van der Waals surface area (Å²) in [6.07, 6.45) is 1.51. The Balaban J connectivity index is 2.08. The molecule has 3 aromatic rings. The minimum Gasteiger partial charge on any atom is -0.497 e. The van der Waals surface area contributed by atoms with Crippen LogP contribution in [-0.4, -0.2) is 92.6 Å². The molecule has 0 spiro atoms. The number of aliphatic hydroxyl groups is 1. The quantitative estimate of drug-likeness (QED) is 0.0639. The number of carbonyl (C=O) groups excluding carboxylic acids is 1. The molecular weight excluding hydrogens is 926 g/mol. The van der Waals surface area contributed by atoms with Gasteiger partial charge in [0.2, 0.25) is 5.91 Å². The van der Waals surface area contributed by atoms with Crippen LogP contribution in [0.15, 0.2) is 95.1 Å². The molecule has 12 heteroatoms. The molecule has 9 nitrogen and oxygen atoms in total. The van der Waals surface area contributed by atoms with Gasteiger partial charge in [-0.25, -0.2) is 0 Å². The molecule has 3 aromatic carbocycles. The second-order valence-corrected chi connectivity index (χ2v) is 29.5. The Kier molecular flexibility index (Phi) is 21.1. The second kappa shape index (κ2) is 24.2. The Hall–Kier alpha value is -2.41. The van der Waals surface area contributed by atoms with E-state index in [0.717, 1.165) is 11.3 Å². The van der Waals surface area contributed by atoms with Crippen LogP contribution in [0.5, 0.6) is 5.75 Å². The summed E-state index contributed by atoms with van der Waals surface area (Å²) < 4.78 is 41.2. The monoisotopic (exact) mass is 1000 g/mol. The Labute approximate surface area is 390 Å². The molecular formula is C50H78INO8Si2. The van der Waals surface area contributed by atoms with Gasteiger partial charge in [0.25, 0.3) is 8.32 Å². The van der Waals surface area contributed by atoms with E-state index in [1.807, 2.05) is 34.4 Å². The predicted octanol–water partition coefficient (Wildman–Crippen LogP) is 9.84. The van der Waals surface area contributed by atoms with Gasteiger partial charge in [0.15, 0.2) is 8.32 Å². The summed E-state index contributed by atoms with van der Waals surface area (Å²) >= 11 is 2.16. The highest BCUT2D eigenvalue weighted by molar-refractivity contribution is 14.1. The van der Waals surface area contributed by atoms with Gasteiger partial charge in [-0.15, -0.1) is 0 Å². The molecule has 0 fully saturated rings. The average molecular weight is 1000 g/mol. The molecule has 0 saturated heterocycles. The van der Waals surface area contributed by atoms with Crippen LogP contribution in [0.1, 0.15) is 87.1 Å². The molecule has 0 aliphatic heterocycles. The highest BCUT2D eigenvalue weighted by atomic mass is 127. The van der Waals surface area contributed by atoms with Gasteiger partial charge in [0.1, 0.15) is 5.75 Å². The lowest BCUT2D eigenvalue weighted by Crippen LogP contribution is -2.67. The van der Waals surface area contributed by atoms with E-state index in [1.165, 1.54) is 10.4 Å². The van der Waals surface area contributed by atoms with Gasteiger partial charge in [-0.2, -0.15) is 0 Å². The van der Waals surface area contributed by atoms with Crippen molar-refractivity contribution in [3.05, 3.63) is 101 Å². The highest BCUT2D eigenvalue weighted by Gasteiger charge is 2.51. The minimum atomic E-state index is -2.82. The Morgan fingerprint density at radius 3 is 1.79 bits per heavy atom. The van der Waals surface area contributed by atoms with Crippen LogP contribution < -0.4 is 20.4 Å².